The van der Waals surface area contributed by atoms with Gasteiger partial charge in [0.1, 0.15) is 35.5 Å². The molecule has 0 unspecified atom stereocenters. The molecule has 17 nitrogen and oxygen atoms in total. The molecule has 2 saturated heterocycles. The molecule has 0 radical (unpaired) electrons. The van der Waals surface area contributed by atoms with Crippen LogP contribution in [-0.2, 0) is 35.8 Å². The van der Waals surface area contributed by atoms with Crippen LogP contribution in [0.5, 0.6) is 0 Å². The smallest absolute Gasteiger partial charge is 0.323 e. The number of hydrogen-bond acceptors (Lipinski definition) is 11. The molecule has 6 N–H and O–H groups in total. The minimum absolute atomic E-state index is 0.0714. The molecular formula is C44H44Cl2N8O9. The number of hydrogen-bond donors (Lipinski definition) is 6. The number of amides is 3. The maximum Gasteiger partial charge on any atom is 0.323 e. The summed E-state index contributed by atoms with van der Waals surface area (Å²) in [6.07, 6.45) is 2.98. The first-order chi connectivity index (χ1) is 29.9. The molecular weight excluding hydrogens is 855 g/mol. The zero-order chi connectivity index (χ0) is 45.5. The number of aliphatic hydroxyl groups is 2. The maximum atomic E-state index is 13.1. The summed E-state index contributed by atoms with van der Waals surface area (Å²) in [5.41, 5.74) is -0.621. The molecule has 0 aliphatic carbocycles. The summed E-state index contributed by atoms with van der Waals surface area (Å²) in [4.78, 5) is 84.4. The number of rotatable bonds is 10. The standard InChI is InChI=1S/C22H21ClN4O4.C18H14ClN3O4.C4H9NO/c1-22(31)12-26(13-22)18(28)11-27-19-15(3-2-8-24-19)9-17(21(27)30)20(29)25-10-14-4-6-16(23)7-5-14;19-13-5-3-11(4-6-13)9-21-17(25)14-8-12-2-1-7-20-16(12)22(18(14)26)10-15(23)24;1-4(6)2-5-3-4/h2-9,31H,10-13H2,1H3,(H,25,29);1-8H,9-10H2,(H,21,25)(H,23,24);5-6H,2-3H2,1H3. The van der Waals surface area contributed by atoms with E-state index in [2.05, 4.69) is 25.9 Å². The van der Waals surface area contributed by atoms with Gasteiger partial charge in [0, 0.05) is 59.4 Å². The Morgan fingerprint density at radius 1 is 0.683 bits per heavy atom. The van der Waals surface area contributed by atoms with E-state index in [-0.39, 0.29) is 61.0 Å². The van der Waals surface area contributed by atoms with Crippen LogP contribution in [0.25, 0.3) is 22.1 Å². The van der Waals surface area contributed by atoms with E-state index in [1.165, 1.54) is 34.0 Å². The quantitative estimate of drug-likeness (QED) is 0.116. The third kappa shape index (κ3) is 11.9. The van der Waals surface area contributed by atoms with Crippen LogP contribution in [-0.4, -0.2) is 100 Å². The summed E-state index contributed by atoms with van der Waals surface area (Å²) in [6, 6.07) is 23.6. The lowest BCUT2D eigenvalue weighted by Gasteiger charge is -2.44. The van der Waals surface area contributed by atoms with E-state index >= 15 is 0 Å². The Kier molecular flexibility index (Phi) is 14.4. The Balaban J connectivity index is 0.000000187. The second-order valence-electron chi connectivity index (χ2n) is 15.6. The Labute approximate surface area is 369 Å². The summed E-state index contributed by atoms with van der Waals surface area (Å²) in [5.74, 6) is -2.65. The molecule has 0 saturated carbocycles. The van der Waals surface area contributed by atoms with Crippen LogP contribution in [0, 0.1) is 0 Å². The van der Waals surface area contributed by atoms with Crippen LogP contribution in [0.4, 0.5) is 0 Å². The predicted octanol–water partition coefficient (Wildman–Crippen LogP) is 2.98. The van der Waals surface area contributed by atoms with Crippen molar-refractivity contribution in [1.29, 1.82) is 0 Å². The Hall–Kier alpha value is -6.50. The van der Waals surface area contributed by atoms with Gasteiger partial charge >= 0.3 is 5.97 Å². The van der Waals surface area contributed by atoms with Crippen molar-refractivity contribution in [1.82, 2.24) is 40.0 Å². The third-order valence-corrected chi connectivity index (χ3v) is 10.4. The number of aliphatic carboxylic acids is 1. The Morgan fingerprint density at radius 3 is 1.46 bits per heavy atom. The van der Waals surface area contributed by atoms with E-state index < -0.39 is 41.0 Å². The molecule has 63 heavy (non-hydrogen) atoms. The van der Waals surface area contributed by atoms with Crippen LogP contribution < -0.4 is 27.1 Å². The lowest BCUT2D eigenvalue weighted by atomic mass is 9.97. The molecule has 6 aromatic rings. The Morgan fingerprint density at radius 2 is 1.10 bits per heavy atom. The van der Waals surface area contributed by atoms with Crippen LogP contribution in [0.3, 0.4) is 0 Å². The summed E-state index contributed by atoms with van der Waals surface area (Å²) >= 11 is 11.7. The number of benzene rings is 2. The van der Waals surface area contributed by atoms with E-state index in [0.29, 0.717) is 26.5 Å². The number of carboxylic acids is 1. The van der Waals surface area contributed by atoms with Gasteiger partial charge in [-0.25, -0.2) is 9.97 Å². The zero-order valence-corrected chi connectivity index (χ0v) is 35.7. The largest absolute Gasteiger partial charge is 0.480 e. The van der Waals surface area contributed by atoms with Crippen molar-refractivity contribution in [3.63, 3.8) is 0 Å². The van der Waals surface area contributed by atoms with E-state index in [0.717, 1.165) is 28.8 Å². The number of aromatic nitrogens is 4. The number of halogens is 2. The molecule has 2 aliphatic rings. The van der Waals surface area contributed by atoms with Crippen molar-refractivity contribution in [2.45, 2.75) is 51.2 Å². The first-order valence-corrected chi connectivity index (χ1v) is 20.3. The number of fused-ring (bicyclic) bond motifs is 2. The fraction of sp³-hybridized carbons (Fsp3) is 0.273. The van der Waals surface area contributed by atoms with Crippen molar-refractivity contribution in [3.05, 3.63) is 150 Å². The van der Waals surface area contributed by atoms with Gasteiger partial charge in [-0.15, -0.1) is 0 Å². The first kappa shape index (κ1) is 46.0. The molecule has 328 valence electrons. The normalized spacial score (nSPS) is 14.5. The number of pyridine rings is 4. The minimum Gasteiger partial charge on any atom is -0.480 e. The van der Waals surface area contributed by atoms with Gasteiger partial charge in [-0.1, -0.05) is 47.5 Å². The SMILES string of the molecule is CC1(O)CN(C(=O)Cn2c(=O)c(C(=O)NCc3ccc(Cl)cc3)cc3cccnc32)C1.CC1(O)CNC1.O=C(O)Cn1c(=O)c(C(=O)NCc2ccc(Cl)cc2)cc2cccnc21. The number of carbonyl (C=O) groups is 4. The van der Waals surface area contributed by atoms with Crippen LogP contribution >= 0.6 is 23.2 Å². The average Bonchev–Trinajstić information content (AvgIpc) is 3.23. The zero-order valence-electron chi connectivity index (χ0n) is 34.2. The summed E-state index contributed by atoms with van der Waals surface area (Å²) in [6.45, 7) is 4.97. The number of carboxylic acid groups (broad SMARTS) is 1. The van der Waals surface area contributed by atoms with Gasteiger partial charge in [0.2, 0.25) is 5.91 Å². The van der Waals surface area contributed by atoms with E-state index in [1.54, 1.807) is 79.7 Å². The first-order valence-electron chi connectivity index (χ1n) is 19.6. The number of likely N-dealkylation sites (tertiary alicyclic amines) is 1. The fourth-order valence-corrected chi connectivity index (χ4v) is 6.85. The van der Waals surface area contributed by atoms with E-state index in [4.69, 9.17) is 33.4 Å². The molecule has 2 aromatic carbocycles. The topological polar surface area (TPSA) is 238 Å². The van der Waals surface area contributed by atoms with Gasteiger partial charge in [-0.2, -0.15) is 0 Å². The molecule has 2 aliphatic heterocycles. The van der Waals surface area contributed by atoms with Gasteiger partial charge in [-0.3, -0.25) is 37.9 Å². The van der Waals surface area contributed by atoms with Crippen molar-refractivity contribution < 1.29 is 34.5 Å². The second-order valence-corrected chi connectivity index (χ2v) is 16.5. The number of nitrogens with zero attached hydrogens (tertiary/aromatic N) is 5. The highest BCUT2D eigenvalue weighted by atomic mass is 35.5. The lowest BCUT2D eigenvalue weighted by molar-refractivity contribution is -0.152. The highest BCUT2D eigenvalue weighted by Crippen LogP contribution is 2.21. The lowest BCUT2D eigenvalue weighted by Crippen LogP contribution is -2.62. The van der Waals surface area contributed by atoms with Gasteiger partial charge in [0.25, 0.3) is 22.9 Å². The highest BCUT2D eigenvalue weighted by molar-refractivity contribution is 6.30. The molecule has 6 heterocycles. The van der Waals surface area contributed by atoms with Gasteiger partial charge in [-0.05, 0) is 85.6 Å². The summed E-state index contributed by atoms with van der Waals surface area (Å²) in [5, 5.41) is 38.4. The number of nitrogens with one attached hydrogen (secondary N) is 3. The fourth-order valence-electron chi connectivity index (χ4n) is 6.60. The number of β-amino-alcohol motifs (C(OH)–C–C–N with tert-alkyl or cyclic N) is 2. The minimum atomic E-state index is -1.20. The molecule has 2 fully saturated rings. The second kappa shape index (κ2) is 19.7. The molecule has 3 amide bonds. The van der Waals surface area contributed by atoms with Crippen molar-refractivity contribution >= 4 is 69.0 Å². The molecule has 0 bridgehead atoms. The molecule has 19 heteroatoms. The number of carbonyl (C=O) groups excluding carboxylic acids is 3. The maximum absolute atomic E-state index is 13.1. The molecule has 0 atom stereocenters. The predicted molar refractivity (Wildman–Crippen MR) is 236 cm³/mol. The molecule has 4 aromatic heterocycles. The average molecular weight is 900 g/mol. The van der Waals surface area contributed by atoms with E-state index in [9.17, 15) is 33.9 Å². The van der Waals surface area contributed by atoms with Gasteiger partial charge in [0.15, 0.2) is 0 Å². The van der Waals surface area contributed by atoms with Gasteiger partial charge < -0.3 is 36.2 Å². The van der Waals surface area contributed by atoms with Crippen LogP contribution in [0.15, 0.2) is 107 Å². The van der Waals surface area contributed by atoms with Crippen molar-refractivity contribution in [3.8, 4) is 0 Å². The highest BCUT2D eigenvalue weighted by Gasteiger charge is 2.39. The summed E-state index contributed by atoms with van der Waals surface area (Å²) < 4.78 is 2.19. The van der Waals surface area contributed by atoms with Crippen LogP contribution in [0.1, 0.15) is 45.7 Å². The monoisotopic (exact) mass is 898 g/mol. The van der Waals surface area contributed by atoms with E-state index in [1.807, 2.05) is 6.92 Å². The van der Waals surface area contributed by atoms with Crippen molar-refractivity contribution in [2.75, 3.05) is 26.2 Å². The summed E-state index contributed by atoms with van der Waals surface area (Å²) in [7, 11) is 0. The van der Waals surface area contributed by atoms with Crippen LogP contribution in [0.2, 0.25) is 10.0 Å². The van der Waals surface area contributed by atoms with Crippen molar-refractivity contribution in [2.24, 2.45) is 0 Å². The molecule has 8 rings (SSSR count). The molecule has 0 spiro atoms. The van der Waals surface area contributed by atoms with Gasteiger partial charge in [0.05, 0.1) is 24.3 Å². The third-order valence-electron chi connectivity index (χ3n) is 9.93. The Bertz CT molecular complexity index is 2780.